The molecule has 0 unspecified atom stereocenters. The van der Waals surface area contributed by atoms with E-state index in [0.29, 0.717) is 5.92 Å². The Bertz CT molecular complexity index is 132. The van der Waals surface area contributed by atoms with E-state index in [0.717, 1.165) is 6.42 Å². The summed E-state index contributed by atoms with van der Waals surface area (Å²) in [5, 5.41) is 0. The molecule has 3 heteroatoms. The van der Waals surface area contributed by atoms with Crippen molar-refractivity contribution in [2.45, 2.75) is 26.3 Å². The highest BCUT2D eigenvalue weighted by atomic mass is 16.2. The maximum atomic E-state index is 11.2. The average Bonchev–Trinajstić information content (AvgIpc) is 1.84. The zero-order valence-corrected chi connectivity index (χ0v) is 7.79. The van der Waals surface area contributed by atoms with Gasteiger partial charge in [-0.15, -0.1) is 0 Å². The molecule has 66 valence electrons. The van der Waals surface area contributed by atoms with Crippen LogP contribution in [0.4, 0.5) is 0 Å². The van der Waals surface area contributed by atoms with Crippen LogP contribution in [0.25, 0.3) is 0 Å². The van der Waals surface area contributed by atoms with Crippen molar-refractivity contribution in [1.82, 2.24) is 4.90 Å². The van der Waals surface area contributed by atoms with Gasteiger partial charge in [0, 0.05) is 14.1 Å². The highest BCUT2D eigenvalue weighted by Gasteiger charge is 2.15. The quantitative estimate of drug-likeness (QED) is 0.648. The maximum Gasteiger partial charge on any atom is 0.238 e. The zero-order chi connectivity index (χ0) is 9.02. The maximum absolute atomic E-state index is 11.2. The van der Waals surface area contributed by atoms with Gasteiger partial charge in [0.05, 0.1) is 6.04 Å². The van der Waals surface area contributed by atoms with Crippen molar-refractivity contribution < 1.29 is 4.79 Å². The van der Waals surface area contributed by atoms with Crippen LogP contribution in [0.1, 0.15) is 20.3 Å². The van der Waals surface area contributed by atoms with Crippen LogP contribution in [0, 0.1) is 5.92 Å². The molecule has 0 aromatic rings. The highest BCUT2D eigenvalue weighted by molar-refractivity contribution is 5.81. The van der Waals surface area contributed by atoms with Gasteiger partial charge < -0.3 is 10.6 Å². The number of carbonyl (C=O) groups is 1. The lowest BCUT2D eigenvalue weighted by atomic mass is 10.0. The Balaban J connectivity index is 3.83. The van der Waals surface area contributed by atoms with E-state index < -0.39 is 0 Å². The molecule has 11 heavy (non-hydrogen) atoms. The largest absolute Gasteiger partial charge is 0.347 e. The number of nitrogens with two attached hydrogens (primary N) is 1. The molecule has 0 heterocycles. The third-order valence-electron chi connectivity index (χ3n) is 1.48. The Hall–Kier alpha value is -0.570. The summed E-state index contributed by atoms with van der Waals surface area (Å²) in [5.41, 5.74) is 5.63. The second kappa shape index (κ2) is 4.34. The van der Waals surface area contributed by atoms with Gasteiger partial charge in [-0.05, 0) is 12.3 Å². The molecule has 0 aromatic carbocycles. The molecule has 1 atom stereocenters. The summed E-state index contributed by atoms with van der Waals surface area (Å²) in [7, 11) is 3.45. The van der Waals surface area contributed by atoms with Crippen molar-refractivity contribution in [3.05, 3.63) is 0 Å². The number of likely N-dealkylation sites (N-methyl/N-ethyl adjacent to an activating group) is 1. The lowest BCUT2D eigenvalue weighted by molar-refractivity contribution is -0.130. The van der Waals surface area contributed by atoms with Crippen molar-refractivity contribution in [2.75, 3.05) is 14.1 Å². The summed E-state index contributed by atoms with van der Waals surface area (Å²) in [6.45, 7) is 4.12. The SMILES string of the molecule is CC(C)C[C@H](N)C(=O)N(C)C. The van der Waals surface area contributed by atoms with Crippen molar-refractivity contribution >= 4 is 5.91 Å². The van der Waals surface area contributed by atoms with Crippen LogP contribution in [0.2, 0.25) is 0 Å². The smallest absolute Gasteiger partial charge is 0.238 e. The van der Waals surface area contributed by atoms with E-state index in [-0.39, 0.29) is 11.9 Å². The molecule has 0 saturated heterocycles. The van der Waals surface area contributed by atoms with Crippen molar-refractivity contribution in [2.24, 2.45) is 11.7 Å². The van der Waals surface area contributed by atoms with Crippen molar-refractivity contribution in [3.63, 3.8) is 0 Å². The Morgan fingerprint density at radius 2 is 1.91 bits per heavy atom. The predicted molar refractivity (Wildman–Crippen MR) is 46.1 cm³/mol. The van der Waals surface area contributed by atoms with Gasteiger partial charge in [-0.3, -0.25) is 4.79 Å². The second-order valence-corrected chi connectivity index (χ2v) is 3.47. The minimum atomic E-state index is -0.329. The van der Waals surface area contributed by atoms with Gasteiger partial charge in [0.15, 0.2) is 0 Å². The lowest BCUT2D eigenvalue weighted by Crippen LogP contribution is -2.40. The highest BCUT2D eigenvalue weighted by Crippen LogP contribution is 2.03. The Kier molecular flexibility index (Phi) is 4.11. The van der Waals surface area contributed by atoms with Gasteiger partial charge in [-0.2, -0.15) is 0 Å². The third-order valence-corrected chi connectivity index (χ3v) is 1.48. The topological polar surface area (TPSA) is 46.3 Å². The average molecular weight is 158 g/mol. The molecule has 0 rings (SSSR count). The van der Waals surface area contributed by atoms with Crippen LogP contribution in [0.15, 0.2) is 0 Å². The van der Waals surface area contributed by atoms with E-state index in [4.69, 9.17) is 5.73 Å². The van der Waals surface area contributed by atoms with E-state index in [9.17, 15) is 4.79 Å². The van der Waals surface area contributed by atoms with E-state index in [2.05, 4.69) is 13.8 Å². The fourth-order valence-corrected chi connectivity index (χ4v) is 0.940. The van der Waals surface area contributed by atoms with Gasteiger partial charge in [0.1, 0.15) is 0 Å². The van der Waals surface area contributed by atoms with Crippen molar-refractivity contribution in [1.29, 1.82) is 0 Å². The number of hydrogen-bond donors (Lipinski definition) is 1. The fourth-order valence-electron chi connectivity index (χ4n) is 0.940. The normalized spacial score (nSPS) is 13.3. The molecule has 0 bridgehead atoms. The summed E-state index contributed by atoms with van der Waals surface area (Å²) in [4.78, 5) is 12.7. The Morgan fingerprint density at radius 1 is 1.45 bits per heavy atom. The zero-order valence-electron chi connectivity index (χ0n) is 7.79. The van der Waals surface area contributed by atoms with E-state index in [1.54, 1.807) is 14.1 Å². The summed E-state index contributed by atoms with van der Waals surface area (Å²) in [5.74, 6) is 0.493. The number of rotatable bonds is 3. The molecule has 0 aliphatic carbocycles. The first-order valence-electron chi connectivity index (χ1n) is 3.92. The molecule has 0 aliphatic rings. The standard InChI is InChI=1S/C8H18N2O/c1-6(2)5-7(9)8(11)10(3)4/h6-7H,5,9H2,1-4H3/t7-/m0/s1. The molecule has 2 N–H and O–H groups in total. The van der Waals surface area contributed by atoms with Crippen LogP contribution in [0.5, 0.6) is 0 Å². The molecule has 1 amide bonds. The van der Waals surface area contributed by atoms with Gasteiger partial charge in [0.25, 0.3) is 0 Å². The second-order valence-electron chi connectivity index (χ2n) is 3.47. The molecular formula is C8H18N2O. The molecule has 0 radical (unpaired) electrons. The first-order chi connectivity index (χ1) is 4.95. The number of nitrogens with zero attached hydrogens (tertiary/aromatic N) is 1. The summed E-state index contributed by atoms with van der Waals surface area (Å²) >= 11 is 0. The summed E-state index contributed by atoms with van der Waals surface area (Å²) < 4.78 is 0. The van der Waals surface area contributed by atoms with E-state index in [1.807, 2.05) is 0 Å². The lowest BCUT2D eigenvalue weighted by Gasteiger charge is -2.17. The number of amides is 1. The molecule has 0 fully saturated rings. The van der Waals surface area contributed by atoms with Crippen LogP contribution < -0.4 is 5.73 Å². The van der Waals surface area contributed by atoms with Gasteiger partial charge in [-0.1, -0.05) is 13.8 Å². The van der Waals surface area contributed by atoms with Gasteiger partial charge >= 0.3 is 0 Å². The Labute approximate surface area is 68.6 Å². The number of carbonyl (C=O) groups excluding carboxylic acids is 1. The molecule has 0 aliphatic heterocycles. The predicted octanol–water partition coefficient (Wildman–Crippen LogP) is 0.448. The van der Waals surface area contributed by atoms with Crippen LogP contribution in [-0.4, -0.2) is 30.9 Å². The number of hydrogen-bond acceptors (Lipinski definition) is 2. The minimum Gasteiger partial charge on any atom is -0.347 e. The minimum absolute atomic E-state index is 0.0127. The molecule has 0 spiro atoms. The molecular weight excluding hydrogens is 140 g/mol. The van der Waals surface area contributed by atoms with Crippen LogP contribution >= 0.6 is 0 Å². The van der Waals surface area contributed by atoms with Crippen LogP contribution in [-0.2, 0) is 4.79 Å². The Morgan fingerprint density at radius 3 is 2.18 bits per heavy atom. The fraction of sp³-hybridized carbons (Fsp3) is 0.875. The first kappa shape index (κ1) is 10.4. The molecule has 3 nitrogen and oxygen atoms in total. The monoisotopic (exact) mass is 158 g/mol. The van der Waals surface area contributed by atoms with Gasteiger partial charge in [0.2, 0.25) is 5.91 Å². The van der Waals surface area contributed by atoms with E-state index in [1.165, 1.54) is 4.90 Å². The van der Waals surface area contributed by atoms with Crippen LogP contribution in [0.3, 0.4) is 0 Å². The summed E-state index contributed by atoms with van der Waals surface area (Å²) in [6.07, 6.45) is 0.761. The molecule has 0 saturated carbocycles. The van der Waals surface area contributed by atoms with E-state index >= 15 is 0 Å². The summed E-state index contributed by atoms with van der Waals surface area (Å²) in [6, 6.07) is -0.329. The first-order valence-corrected chi connectivity index (χ1v) is 3.92. The van der Waals surface area contributed by atoms with Crippen molar-refractivity contribution in [3.8, 4) is 0 Å². The van der Waals surface area contributed by atoms with Gasteiger partial charge in [-0.25, -0.2) is 0 Å². The third kappa shape index (κ3) is 3.98. The molecule has 0 aromatic heterocycles.